The molecule has 2 rings (SSSR count). The van der Waals surface area contributed by atoms with E-state index in [1.54, 1.807) is 24.3 Å². The van der Waals surface area contributed by atoms with Crippen molar-refractivity contribution in [2.24, 2.45) is 5.10 Å². The first-order valence-electron chi connectivity index (χ1n) is 7.47. The first-order chi connectivity index (χ1) is 12.9. The summed E-state index contributed by atoms with van der Waals surface area (Å²) in [6, 6.07) is 8.55. The third kappa shape index (κ3) is 7.00. The Morgan fingerprint density at radius 3 is 2.63 bits per heavy atom. The zero-order valence-corrected chi connectivity index (χ0v) is 14.5. The second-order valence-corrected chi connectivity index (χ2v) is 5.36. The third-order valence-electron chi connectivity index (χ3n) is 2.91. The smallest absolute Gasteiger partial charge is 0.401 e. The number of benzene rings is 1. The van der Waals surface area contributed by atoms with Gasteiger partial charge in [-0.25, -0.2) is 10.2 Å². The van der Waals surface area contributed by atoms with Gasteiger partial charge < -0.3 is 15.1 Å². The number of urea groups is 1. The standard InChI is InChI=1S/C16H14ClN5O5/c17-11-3-5-12(6-4-11)20-16(24)18-10-14(23)21-19-9-1-2-13-7-8-15(27-13)22(25)26/h1-9H,10H2,(H,21,23)(H2,18,20,24). The minimum atomic E-state index is -0.651. The number of halogens is 1. The number of carbonyl (C=O) groups is 2. The van der Waals surface area contributed by atoms with Gasteiger partial charge in [0.1, 0.15) is 17.2 Å². The Morgan fingerprint density at radius 1 is 1.22 bits per heavy atom. The monoisotopic (exact) mass is 391 g/mol. The van der Waals surface area contributed by atoms with Gasteiger partial charge in [-0.3, -0.25) is 14.9 Å². The molecule has 0 radical (unpaired) electrons. The van der Waals surface area contributed by atoms with E-state index >= 15 is 0 Å². The van der Waals surface area contributed by atoms with Crippen molar-refractivity contribution in [2.75, 3.05) is 11.9 Å². The molecule has 2 aromatic rings. The highest BCUT2D eigenvalue weighted by Gasteiger charge is 2.09. The largest absolute Gasteiger partial charge is 0.433 e. The van der Waals surface area contributed by atoms with Crippen LogP contribution in [0.4, 0.5) is 16.4 Å². The van der Waals surface area contributed by atoms with Crippen molar-refractivity contribution in [1.82, 2.24) is 10.7 Å². The van der Waals surface area contributed by atoms with Gasteiger partial charge in [0, 0.05) is 16.9 Å². The van der Waals surface area contributed by atoms with Crippen molar-refractivity contribution < 1.29 is 18.9 Å². The van der Waals surface area contributed by atoms with Gasteiger partial charge in [-0.1, -0.05) is 11.6 Å². The van der Waals surface area contributed by atoms with Crippen molar-refractivity contribution in [2.45, 2.75) is 0 Å². The van der Waals surface area contributed by atoms with E-state index in [1.807, 2.05) is 0 Å². The second kappa shape index (κ2) is 9.73. The van der Waals surface area contributed by atoms with Crippen LogP contribution in [0, 0.1) is 10.1 Å². The van der Waals surface area contributed by atoms with Gasteiger partial charge in [0.25, 0.3) is 5.91 Å². The molecule has 0 spiro atoms. The number of hydrogen-bond donors (Lipinski definition) is 3. The quantitative estimate of drug-likeness (QED) is 0.378. The maximum Gasteiger partial charge on any atom is 0.433 e. The Kier molecular flexibility index (Phi) is 7.08. The van der Waals surface area contributed by atoms with Crippen molar-refractivity contribution in [3.63, 3.8) is 0 Å². The first kappa shape index (κ1) is 19.7. The van der Waals surface area contributed by atoms with E-state index < -0.39 is 16.9 Å². The predicted molar refractivity (Wildman–Crippen MR) is 99.5 cm³/mol. The molecule has 10 nitrogen and oxygen atoms in total. The van der Waals surface area contributed by atoms with E-state index in [-0.39, 0.29) is 18.2 Å². The molecular formula is C16H14ClN5O5. The number of anilines is 1. The highest BCUT2D eigenvalue weighted by molar-refractivity contribution is 6.30. The molecule has 0 atom stereocenters. The number of allylic oxidation sites excluding steroid dienone is 1. The van der Waals surface area contributed by atoms with Gasteiger partial charge in [0.15, 0.2) is 0 Å². The summed E-state index contributed by atoms with van der Waals surface area (Å²) in [5.41, 5.74) is 2.73. The SMILES string of the molecule is O=C(CNC(=O)Nc1ccc(Cl)cc1)NN=CC=Cc1ccc([N+](=O)[O-])o1. The fraction of sp³-hybridized carbons (Fsp3) is 0.0625. The summed E-state index contributed by atoms with van der Waals surface area (Å²) in [5.74, 6) is -0.651. The average Bonchev–Trinajstić information content (AvgIpc) is 3.11. The molecule has 0 saturated heterocycles. The lowest BCUT2D eigenvalue weighted by Gasteiger charge is -2.06. The van der Waals surface area contributed by atoms with Gasteiger partial charge in [0.2, 0.25) is 0 Å². The van der Waals surface area contributed by atoms with Crippen LogP contribution in [-0.4, -0.2) is 29.6 Å². The average molecular weight is 392 g/mol. The summed E-state index contributed by atoms with van der Waals surface area (Å²) in [7, 11) is 0. The molecule has 0 aliphatic carbocycles. The molecule has 3 amide bonds. The van der Waals surface area contributed by atoms with Crippen molar-refractivity contribution >= 4 is 47.4 Å². The predicted octanol–water partition coefficient (Wildman–Crippen LogP) is 2.78. The molecule has 11 heteroatoms. The highest BCUT2D eigenvalue weighted by Crippen LogP contribution is 2.16. The van der Waals surface area contributed by atoms with Gasteiger partial charge in [-0.15, -0.1) is 0 Å². The molecule has 0 fully saturated rings. The van der Waals surface area contributed by atoms with E-state index in [0.29, 0.717) is 10.7 Å². The number of carbonyl (C=O) groups excluding carboxylic acids is 2. The molecule has 0 bridgehead atoms. The van der Waals surface area contributed by atoms with Crippen LogP contribution in [0.1, 0.15) is 5.76 Å². The summed E-state index contributed by atoms with van der Waals surface area (Å²) in [6.07, 6.45) is 4.10. The number of hydrogen-bond acceptors (Lipinski definition) is 6. The van der Waals surface area contributed by atoms with Crippen molar-refractivity contribution in [3.8, 4) is 0 Å². The lowest BCUT2D eigenvalue weighted by atomic mass is 10.3. The molecular weight excluding hydrogens is 378 g/mol. The number of nitro groups is 1. The van der Waals surface area contributed by atoms with Crippen LogP contribution < -0.4 is 16.1 Å². The molecule has 0 unspecified atom stereocenters. The molecule has 1 aromatic heterocycles. The Hall–Kier alpha value is -3.66. The fourth-order valence-electron chi connectivity index (χ4n) is 1.73. The van der Waals surface area contributed by atoms with Crippen molar-refractivity contribution in [1.29, 1.82) is 0 Å². The summed E-state index contributed by atoms with van der Waals surface area (Å²) in [4.78, 5) is 33.0. The molecule has 3 N–H and O–H groups in total. The van der Waals surface area contributed by atoms with Crippen LogP contribution >= 0.6 is 11.6 Å². The van der Waals surface area contributed by atoms with E-state index in [0.717, 1.165) is 0 Å². The highest BCUT2D eigenvalue weighted by atomic mass is 35.5. The van der Waals surface area contributed by atoms with Crippen LogP contribution in [-0.2, 0) is 4.79 Å². The summed E-state index contributed by atoms with van der Waals surface area (Å²) >= 11 is 5.74. The minimum Gasteiger partial charge on any atom is -0.401 e. The number of furan rings is 1. The van der Waals surface area contributed by atoms with E-state index in [4.69, 9.17) is 16.0 Å². The van der Waals surface area contributed by atoms with Crippen LogP contribution in [0.15, 0.2) is 52.0 Å². The first-order valence-corrected chi connectivity index (χ1v) is 7.85. The van der Waals surface area contributed by atoms with Gasteiger partial charge in [0.05, 0.1) is 6.07 Å². The lowest BCUT2D eigenvalue weighted by molar-refractivity contribution is -0.402. The van der Waals surface area contributed by atoms with E-state index in [2.05, 4.69) is 21.2 Å². The normalized spacial score (nSPS) is 10.9. The maximum absolute atomic E-state index is 11.6. The van der Waals surface area contributed by atoms with Gasteiger partial charge in [-0.2, -0.15) is 5.10 Å². The summed E-state index contributed by atoms with van der Waals surface area (Å²) in [5, 5.41) is 19.5. The number of nitrogens with one attached hydrogen (secondary N) is 3. The van der Waals surface area contributed by atoms with Crippen LogP contribution in [0.25, 0.3) is 6.08 Å². The lowest BCUT2D eigenvalue weighted by Crippen LogP contribution is -2.37. The molecule has 0 aliphatic heterocycles. The second-order valence-electron chi connectivity index (χ2n) is 4.92. The molecule has 27 heavy (non-hydrogen) atoms. The summed E-state index contributed by atoms with van der Waals surface area (Å²) in [6.45, 7) is -0.287. The Labute approximate surface area is 158 Å². The fourth-order valence-corrected chi connectivity index (χ4v) is 1.85. The molecule has 1 heterocycles. The number of nitrogens with zero attached hydrogens (tertiary/aromatic N) is 2. The van der Waals surface area contributed by atoms with E-state index in [1.165, 1.54) is 30.5 Å². The van der Waals surface area contributed by atoms with Crippen molar-refractivity contribution in [3.05, 3.63) is 63.4 Å². The molecule has 0 aliphatic rings. The van der Waals surface area contributed by atoms with Crippen LogP contribution in [0.3, 0.4) is 0 Å². The Balaban J connectivity index is 1.68. The Bertz CT molecular complexity index is 876. The molecule has 1 aromatic carbocycles. The maximum atomic E-state index is 11.6. The zero-order chi connectivity index (χ0) is 19.6. The molecule has 140 valence electrons. The zero-order valence-electron chi connectivity index (χ0n) is 13.7. The Morgan fingerprint density at radius 2 is 1.96 bits per heavy atom. The number of rotatable bonds is 7. The minimum absolute atomic E-state index is 0.264. The van der Waals surface area contributed by atoms with E-state index in [9.17, 15) is 19.7 Å². The third-order valence-corrected chi connectivity index (χ3v) is 3.17. The number of amides is 3. The molecule has 0 saturated carbocycles. The van der Waals surface area contributed by atoms with Gasteiger partial charge in [-0.05, 0) is 42.5 Å². The van der Waals surface area contributed by atoms with Crippen LogP contribution in [0.5, 0.6) is 0 Å². The topological polar surface area (TPSA) is 139 Å². The summed E-state index contributed by atoms with van der Waals surface area (Å²) < 4.78 is 4.90. The number of hydrazone groups is 1. The van der Waals surface area contributed by atoms with Gasteiger partial charge >= 0.3 is 11.9 Å². The van der Waals surface area contributed by atoms with Crippen LogP contribution in [0.2, 0.25) is 5.02 Å².